The van der Waals surface area contributed by atoms with Crippen LogP contribution in [0.4, 0.5) is 0 Å². The van der Waals surface area contributed by atoms with Crippen molar-refractivity contribution >= 4 is 57.9 Å². The van der Waals surface area contributed by atoms with Crippen molar-refractivity contribution in [1.82, 2.24) is 20.9 Å². The minimum Gasteiger partial charge on any atom is -0.467 e. The summed E-state index contributed by atoms with van der Waals surface area (Å²) in [6.07, 6.45) is 6.51. The van der Waals surface area contributed by atoms with Gasteiger partial charge in [-0.05, 0) is 74.0 Å². The first kappa shape index (κ1) is 31.6. The van der Waals surface area contributed by atoms with Gasteiger partial charge < -0.3 is 31.4 Å². The van der Waals surface area contributed by atoms with Crippen LogP contribution < -0.4 is 21.7 Å². The first-order valence-corrected chi connectivity index (χ1v) is 13.6. The van der Waals surface area contributed by atoms with E-state index in [4.69, 9.17) is 10.5 Å². The maximum Gasteiger partial charge on any atom is 0.328 e. The summed E-state index contributed by atoms with van der Waals surface area (Å²) in [6.45, 7) is 1.80. The zero-order valence-corrected chi connectivity index (χ0v) is 24.1. The standard InChI is InChI=1S/C30H37N5O5.ClH/c1-18(36)32-27-17-20-11-13-24-22(16-20)21-15-19(10-12-23(21)33-24)7-3-4-9-26(30(39)40-2)35-28(37)25(34-29(27)38)8-5-6-14-31;/h3-4,10-13,15-16,25-27,33H,5-9,14,17,31H2,1-2H3,(H,32,36)(H,34,38)(H,35,37);1H/t25-,26+,27?;/m1./s1. The molecule has 0 fully saturated rings. The molecular formula is C30H38ClN5O5. The van der Waals surface area contributed by atoms with Crippen molar-refractivity contribution in [1.29, 1.82) is 0 Å². The number of halogens is 1. The van der Waals surface area contributed by atoms with Crippen LogP contribution >= 0.6 is 12.4 Å². The molecule has 1 aromatic heterocycles. The van der Waals surface area contributed by atoms with Gasteiger partial charge in [-0.25, -0.2) is 4.79 Å². The molecule has 220 valence electrons. The summed E-state index contributed by atoms with van der Waals surface area (Å²) < 4.78 is 4.92. The molecule has 10 nitrogen and oxygen atoms in total. The number of fused-ring (bicyclic) bond motifs is 2. The van der Waals surface area contributed by atoms with Crippen molar-refractivity contribution in [2.24, 2.45) is 5.73 Å². The van der Waals surface area contributed by atoms with Gasteiger partial charge in [0, 0.05) is 35.2 Å². The number of esters is 1. The van der Waals surface area contributed by atoms with Gasteiger partial charge in [-0.3, -0.25) is 14.4 Å². The van der Waals surface area contributed by atoms with Crippen LogP contribution in [-0.2, 0) is 36.8 Å². The molecule has 6 N–H and O–H groups in total. The predicted octanol–water partition coefficient (Wildman–Crippen LogP) is 2.56. The Balaban J connectivity index is 0.00000462. The SMILES string of the molecule is COC(=O)[C@@H]1CC=CCc2ccc3[nH]c4ccc(cc4c3c2)CC(NC(C)=O)C(=O)N[C@H](CCCCN)C(=O)N1.Cl. The zero-order chi connectivity index (χ0) is 28.6. The average Bonchev–Trinajstić information content (AvgIpc) is 3.29. The first-order valence-electron chi connectivity index (χ1n) is 13.6. The lowest BCUT2D eigenvalue weighted by Gasteiger charge is -2.24. The number of H-pyrrole nitrogens is 1. The van der Waals surface area contributed by atoms with E-state index >= 15 is 0 Å². The van der Waals surface area contributed by atoms with Crippen LogP contribution in [0.1, 0.15) is 43.7 Å². The van der Waals surface area contributed by atoms with Crippen molar-refractivity contribution in [3.05, 3.63) is 59.7 Å². The molecule has 3 amide bonds. The fraction of sp³-hybridized carbons (Fsp3) is 0.400. The van der Waals surface area contributed by atoms with E-state index in [1.54, 1.807) is 0 Å². The van der Waals surface area contributed by atoms with Crippen LogP contribution in [-0.4, -0.2) is 60.5 Å². The summed E-state index contributed by atoms with van der Waals surface area (Å²) in [5, 5.41) is 10.4. The number of allylic oxidation sites excluding steroid dienone is 1. The topological polar surface area (TPSA) is 155 Å². The Labute approximate surface area is 245 Å². The van der Waals surface area contributed by atoms with Crippen LogP contribution in [0, 0.1) is 0 Å². The molecule has 2 aromatic carbocycles. The second kappa shape index (κ2) is 14.7. The Morgan fingerprint density at radius 3 is 2.32 bits per heavy atom. The minimum absolute atomic E-state index is 0. The van der Waals surface area contributed by atoms with Crippen molar-refractivity contribution in [3.63, 3.8) is 0 Å². The number of rotatable bonds is 6. The highest BCUT2D eigenvalue weighted by atomic mass is 35.5. The van der Waals surface area contributed by atoms with E-state index in [1.165, 1.54) is 14.0 Å². The van der Waals surface area contributed by atoms with E-state index in [-0.39, 0.29) is 31.2 Å². The van der Waals surface area contributed by atoms with Crippen LogP contribution in [0.25, 0.3) is 21.8 Å². The quantitative estimate of drug-likeness (QED) is 0.171. The van der Waals surface area contributed by atoms with Crippen LogP contribution in [0.15, 0.2) is 48.6 Å². The smallest absolute Gasteiger partial charge is 0.328 e. The number of amides is 3. The summed E-state index contributed by atoms with van der Waals surface area (Å²) in [5.41, 5.74) is 9.57. The normalized spacial score (nSPS) is 19.8. The predicted molar refractivity (Wildman–Crippen MR) is 161 cm³/mol. The summed E-state index contributed by atoms with van der Waals surface area (Å²) in [7, 11) is 1.27. The molecule has 2 heterocycles. The van der Waals surface area contributed by atoms with Crippen LogP contribution in [0.5, 0.6) is 0 Å². The van der Waals surface area contributed by atoms with E-state index in [2.05, 4.69) is 27.0 Å². The molecule has 0 aliphatic carbocycles. The van der Waals surface area contributed by atoms with E-state index in [0.29, 0.717) is 32.2 Å². The van der Waals surface area contributed by atoms with Gasteiger partial charge in [0.15, 0.2) is 0 Å². The van der Waals surface area contributed by atoms with E-state index in [0.717, 1.165) is 32.9 Å². The molecular weight excluding hydrogens is 546 g/mol. The molecule has 1 aliphatic heterocycles. The van der Waals surface area contributed by atoms with Gasteiger partial charge in [-0.1, -0.05) is 24.3 Å². The van der Waals surface area contributed by atoms with E-state index < -0.39 is 35.9 Å². The van der Waals surface area contributed by atoms with Crippen molar-refractivity contribution < 1.29 is 23.9 Å². The summed E-state index contributed by atoms with van der Waals surface area (Å²) >= 11 is 0. The second-order valence-electron chi connectivity index (χ2n) is 10.2. The maximum atomic E-state index is 13.5. The first-order chi connectivity index (χ1) is 19.3. The Morgan fingerprint density at radius 1 is 0.976 bits per heavy atom. The van der Waals surface area contributed by atoms with Gasteiger partial charge >= 0.3 is 5.97 Å². The van der Waals surface area contributed by atoms with Crippen LogP contribution in [0.2, 0.25) is 0 Å². The third-order valence-corrected chi connectivity index (χ3v) is 7.14. The number of methoxy groups -OCH3 is 1. The number of aromatic amines is 1. The average molecular weight is 584 g/mol. The highest BCUT2D eigenvalue weighted by Crippen LogP contribution is 2.28. The van der Waals surface area contributed by atoms with E-state index in [9.17, 15) is 19.2 Å². The number of hydrogen-bond acceptors (Lipinski definition) is 6. The third kappa shape index (κ3) is 8.08. The molecule has 4 bridgehead atoms. The highest BCUT2D eigenvalue weighted by molar-refractivity contribution is 6.07. The molecule has 0 spiro atoms. The Kier molecular flexibility index (Phi) is 11.3. The molecule has 3 atom stereocenters. The minimum atomic E-state index is -0.920. The van der Waals surface area contributed by atoms with E-state index in [1.807, 2.05) is 42.5 Å². The second-order valence-corrected chi connectivity index (χ2v) is 10.2. The maximum absolute atomic E-state index is 13.5. The lowest BCUT2D eigenvalue weighted by Crippen LogP contribution is -2.56. The van der Waals surface area contributed by atoms with Gasteiger partial charge in [0.25, 0.3) is 0 Å². The summed E-state index contributed by atoms with van der Waals surface area (Å²) in [4.78, 5) is 54.8. The molecule has 0 saturated carbocycles. The van der Waals surface area contributed by atoms with Gasteiger partial charge in [-0.2, -0.15) is 0 Å². The number of hydrogen-bond donors (Lipinski definition) is 5. The number of carbonyl (C=O) groups excluding carboxylic acids is 4. The Bertz CT molecular complexity index is 1440. The van der Waals surface area contributed by atoms with Gasteiger partial charge in [0.2, 0.25) is 17.7 Å². The molecule has 41 heavy (non-hydrogen) atoms. The Hall–Kier alpha value is -3.89. The van der Waals surface area contributed by atoms with Crippen molar-refractivity contribution in [2.45, 2.75) is 63.6 Å². The third-order valence-electron chi connectivity index (χ3n) is 7.14. The van der Waals surface area contributed by atoms with Crippen molar-refractivity contribution in [2.75, 3.05) is 13.7 Å². The fourth-order valence-corrected chi connectivity index (χ4v) is 5.05. The molecule has 4 rings (SSSR count). The molecule has 1 unspecified atom stereocenters. The number of carbonyl (C=O) groups is 4. The fourth-order valence-electron chi connectivity index (χ4n) is 5.05. The van der Waals surface area contributed by atoms with Gasteiger partial charge in [0.1, 0.15) is 18.1 Å². The Morgan fingerprint density at radius 2 is 1.66 bits per heavy atom. The number of nitrogens with two attached hydrogens (primary N) is 1. The number of unbranched alkanes of at least 4 members (excludes halogenated alkanes) is 1. The lowest BCUT2D eigenvalue weighted by atomic mass is 10.00. The molecule has 0 radical (unpaired) electrons. The van der Waals surface area contributed by atoms with Gasteiger partial charge in [-0.15, -0.1) is 12.4 Å². The number of aromatic nitrogens is 1. The monoisotopic (exact) mass is 583 g/mol. The number of benzene rings is 2. The largest absolute Gasteiger partial charge is 0.467 e. The van der Waals surface area contributed by atoms with Gasteiger partial charge in [0.05, 0.1) is 7.11 Å². The molecule has 1 aliphatic rings. The lowest BCUT2D eigenvalue weighted by molar-refractivity contribution is -0.145. The molecule has 11 heteroatoms. The number of ether oxygens (including phenoxy) is 1. The number of nitrogens with one attached hydrogen (secondary N) is 4. The van der Waals surface area contributed by atoms with Crippen LogP contribution in [0.3, 0.4) is 0 Å². The van der Waals surface area contributed by atoms with Crippen molar-refractivity contribution in [3.8, 4) is 0 Å². The summed E-state index contributed by atoms with van der Waals surface area (Å²) in [6, 6.07) is 9.39. The molecule has 0 saturated heterocycles. The highest BCUT2D eigenvalue weighted by Gasteiger charge is 2.29. The zero-order valence-electron chi connectivity index (χ0n) is 23.3. The summed E-state index contributed by atoms with van der Waals surface area (Å²) in [5.74, 6) is -1.92. The molecule has 3 aromatic rings.